The molecule has 4 nitrogen and oxygen atoms in total. The predicted octanol–water partition coefficient (Wildman–Crippen LogP) is 0.193. The van der Waals surface area contributed by atoms with Crippen LogP contribution in [-0.2, 0) is 21.9 Å². The Labute approximate surface area is 89.0 Å². The molecule has 0 heterocycles. The van der Waals surface area contributed by atoms with Gasteiger partial charge < -0.3 is 15.9 Å². The smallest absolute Gasteiger partial charge is 0.306 e. The van der Waals surface area contributed by atoms with E-state index in [4.69, 9.17) is 10.8 Å². The predicted molar refractivity (Wildman–Crippen MR) is 45.7 cm³/mol. The van der Waals surface area contributed by atoms with Crippen LogP contribution < -0.4 is 5.73 Å². The summed E-state index contributed by atoms with van der Waals surface area (Å²) < 4.78 is 0. The molecule has 0 aliphatic rings. The number of aliphatic carboxylic acids is 1. The maximum atomic E-state index is 10.2. The summed E-state index contributed by atoms with van der Waals surface area (Å²) in [5.74, 6) is -0.634. The van der Waals surface area contributed by atoms with Crippen LogP contribution in [0.1, 0.15) is 26.7 Å². The van der Waals surface area contributed by atoms with Crippen molar-refractivity contribution >= 4 is 5.97 Å². The molecule has 0 aromatic rings. The average Bonchev–Trinajstić information content (AvgIpc) is 1.84. The van der Waals surface area contributed by atoms with Crippen LogP contribution in [0, 0.1) is 5.92 Å². The SMILES string of the molecule is CC(C)C[C@H](N)[C@@H](O)CC(=O)O.[Fe]. The average molecular weight is 231 g/mol. The van der Waals surface area contributed by atoms with Crippen LogP contribution in [0.3, 0.4) is 0 Å². The Morgan fingerprint density at radius 3 is 2.23 bits per heavy atom. The molecule has 5 heteroatoms. The second-order valence-electron chi connectivity index (χ2n) is 3.46. The van der Waals surface area contributed by atoms with E-state index in [2.05, 4.69) is 0 Å². The van der Waals surface area contributed by atoms with Gasteiger partial charge in [0.15, 0.2) is 0 Å². The normalized spacial score (nSPS) is 14.8. The molecule has 13 heavy (non-hydrogen) atoms. The van der Waals surface area contributed by atoms with E-state index in [-0.39, 0.29) is 23.5 Å². The minimum Gasteiger partial charge on any atom is -0.481 e. The molecule has 0 spiro atoms. The molecular weight excluding hydrogens is 214 g/mol. The van der Waals surface area contributed by atoms with Gasteiger partial charge in [0.05, 0.1) is 12.5 Å². The molecule has 0 aromatic heterocycles. The van der Waals surface area contributed by atoms with Crippen LogP contribution in [0.25, 0.3) is 0 Å². The minimum atomic E-state index is -1.01. The van der Waals surface area contributed by atoms with E-state index in [9.17, 15) is 9.90 Å². The molecule has 0 unspecified atom stereocenters. The second kappa shape index (κ2) is 7.33. The number of hydrogen-bond donors (Lipinski definition) is 3. The third-order valence-electron chi connectivity index (χ3n) is 1.62. The zero-order valence-electron chi connectivity index (χ0n) is 7.88. The van der Waals surface area contributed by atoms with Crippen molar-refractivity contribution in [1.29, 1.82) is 0 Å². The van der Waals surface area contributed by atoms with E-state index in [1.54, 1.807) is 0 Å². The molecule has 0 aliphatic heterocycles. The first-order valence-corrected chi connectivity index (χ1v) is 4.09. The minimum absolute atomic E-state index is 0. The molecule has 0 bridgehead atoms. The number of carboxylic acid groups (broad SMARTS) is 1. The van der Waals surface area contributed by atoms with Crippen molar-refractivity contribution < 1.29 is 32.1 Å². The summed E-state index contributed by atoms with van der Waals surface area (Å²) in [4.78, 5) is 10.2. The molecule has 80 valence electrons. The Morgan fingerprint density at radius 2 is 1.92 bits per heavy atom. The van der Waals surface area contributed by atoms with Gasteiger partial charge in [0.2, 0.25) is 0 Å². The van der Waals surface area contributed by atoms with Crippen molar-refractivity contribution in [2.45, 2.75) is 38.8 Å². The molecule has 2 atom stereocenters. The number of nitrogens with two attached hydrogens (primary N) is 1. The van der Waals surface area contributed by atoms with E-state index in [0.29, 0.717) is 12.3 Å². The molecule has 0 aliphatic carbocycles. The Kier molecular flexibility index (Phi) is 8.67. The van der Waals surface area contributed by atoms with E-state index in [1.807, 2.05) is 13.8 Å². The van der Waals surface area contributed by atoms with Crippen LogP contribution in [0.2, 0.25) is 0 Å². The molecule has 0 rings (SSSR count). The Balaban J connectivity index is 0. The maximum absolute atomic E-state index is 10.2. The van der Waals surface area contributed by atoms with Crippen molar-refractivity contribution in [3.05, 3.63) is 0 Å². The quantitative estimate of drug-likeness (QED) is 0.590. The molecule has 0 saturated heterocycles. The second-order valence-corrected chi connectivity index (χ2v) is 3.46. The Hall–Kier alpha value is -0.0905. The largest absolute Gasteiger partial charge is 0.481 e. The molecule has 4 N–H and O–H groups in total. The summed E-state index contributed by atoms with van der Waals surface area (Å²) in [5.41, 5.74) is 5.55. The topological polar surface area (TPSA) is 83.5 Å². The van der Waals surface area contributed by atoms with Crippen molar-refractivity contribution in [2.75, 3.05) is 0 Å². The van der Waals surface area contributed by atoms with Crippen LogP contribution in [0.5, 0.6) is 0 Å². The molecular formula is C8H17FeNO3. The summed E-state index contributed by atoms with van der Waals surface area (Å²) in [5, 5.41) is 17.6. The summed E-state index contributed by atoms with van der Waals surface area (Å²) in [6, 6.07) is -0.430. The first-order chi connectivity index (χ1) is 5.43. The van der Waals surface area contributed by atoms with Gasteiger partial charge >= 0.3 is 5.97 Å². The van der Waals surface area contributed by atoms with Gasteiger partial charge in [0.25, 0.3) is 0 Å². The standard InChI is InChI=1S/C8H17NO3.Fe/c1-5(2)3-6(9)7(10)4-8(11)12;/h5-7,10H,3-4,9H2,1-2H3,(H,11,12);/t6-,7-;/m0./s1. The van der Waals surface area contributed by atoms with E-state index >= 15 is 0 Å². The van der Waals surface area contributed by atoms with E-state index < -0.39 is 18.1 Å². The Morgan fingerprint density at radius 1 is 1.46 bits per heavy atom. The third-order valence-corrected chi connectivity index (χ3v) is 1.62. The van der Waals surface area contributed by atoms with Crippen LogP contribution >= 0.6 is 0 Å². The van der Waals surface area contributed by atoms with Gasteiger partial charge in [-0.3, -0.25) is 4.79 Å². The van der Waals surface area contributed by atoms with Gasteiger partial charge in [0.1, 0.15) is 0 Å². The summed E-state index contributed by atoms with van der Waals surface area (Å²) >= 11 is 0. The first-order valence-electron chi connectivity index (χ1n) is 4.09. The number of aliphatic hydroxyl groups excluding tert-OH is 1. The number of carbonyl (C=O) groups is 1. The van der Waals surface area contributed by atoms with Gasteiger partial charge in [-0.1, -0.05) is 13.8 Å². The van der Waals surface area contributed by atoms with Crippen molar-refractivity contribution in [3.8, 4) is 0 Å². The fourth-order valence-electron chi connectivity index (χ4n) is 1.03. The van der Waals surface area contributed by atoms with E-state index in [0.717, 1.165) is 0 Å². The van der Waals surface area contributed by atoms with Crippen LogP contribution in [0.4, 0.5) is 0 Å². The molecule has 0 amide bonds. The van der Waals surface area contributed by atoms with Gasteiger partial charge in [-0.15, -0.1) is 0 Å². The van der Waals surface area contributed by atoms with Crippen molar-refractivity contribution in [2.24, 2.45) is 11.7 Å². The van der Waals surface area contributed by atoms with Gasteiger partial charge in [-0.05, 0) is 12.3 Å². The van der Waals surface area contributed by atoms with Crippen molar-refractivity contribution in [3.63, 3.8) is 0 Å². The fraction of sp³-hybridized carbons (Fsp3) is 0.875. The molecule has 0 saturated carbocycles. The summed E-state index contributed by atoms with van der Waals surface area (Å²) in [6.07, 6.45) is -0.549. The molecule has 0 aromatic carbocycles. The zero-order chi connectivity index (χ0) is 9.72. The van der Waals surface area contributed by atoms with Gasteiger partial charge in [0, 0.05) is 23.1 Å². The summed E-state index contributed by atoms with van der Waals surface area (Å²) in [7, 11) is 0. The number of carboxylic acids is 1. The maximum Gasteiger partial charge on any atom is 0.306 e. The monoisotopic (exact) mass is 231 g/mol. The molecule has 0 fully saturated rings. The van der Waals surface area contributed by atoms with Crippen molar-refractivity contribution in [1.82, 2.24) is 0 Å². The van der Waals surface area contributed by atoms with Crippen LogP contribution in [0.15, 0.2) is 0 Å². The number of aliphatic hydroxyl groups is 1. The number of rotatable bonds is 5. The fourth-order valence-corrected chi connectivity index (χ4v) is 1.03. The van der Waals surface area contributed by atoms with Gasteiger partial charge in [-0.2, -0.15) is 0 Å². The summed E-state index contributed by atoms with van der Waals surface area (Å²) in [6.45, 7) is 3.96. The van der Waals surface area contributed by atoms with Crippen LogP contribution in [-0.4, -0.2) is 28.3 Å². The first kappa shape index (κ1) is 15.4. The van der Waals surface area contributed by atoms with E-state index in [1.165, 1.54) is 0 Å². The zero-order valence-corrected chi connectivity index (χ0v) is 8.98. The van der Waals surface area contributed by atoms with Gasteiger partial charge in [-0.25, -0.2) is 0 Å². The third kappa shape index (κ3) is 8.25. The molecule has 0 radical (unpaired) electrons. The number of hydrogen-bond acceptors (Lipinski definition) is 3. The Bertz CT molecular complexity index is 152.